The van der Waals surface area contributed by atoms with E-state index < -0.39 is 0 Å². The molecule has 0 aliphatic rings. The molecule has 0 saturated heterocycles. The Hall–Kier alpha value is -1.47. The first kappa shape index (κ1) is 9.53. The Morgan fingerprint density at radius 3 is 2.36 bits per heavy atom. The first-order chi connectivity index (χ1) is 4.93. The van der Waals surface area contributed by atoms with E-state index in [1.807, 2.05) is 30.3 Å². The molecule has 4 nitrogen and oxygen atoms in total. The summed E-state index contributed by atoms with van der Waals surface area (Å²) in [5.74, 6) is 0. The zero-order chi connectivity index (χ0) is 7.23. The summed E-state index contributed by atoms with van der Waals surface area (Å²) in [6, 6.07) is 9.35. The predicted octanol–water partition coefficient (Wildman–Crippen LogP) is 1.79. The zero-order valence-electron chi connectivity index (χ0n) is 5.69. The maximum atomic E-state index is 7.98. The second-order valence-corrected chi connectivity index (χ2v) is 1.70. The molecule has 0 aliphatic heterocycles. The minimum absolute atomic E-state index is 0. The normalized spacial score (nSPS) is 7.18. The molecule has 0 atom stereocenters. The van der Waals surface area contributed by atoms with Gasteiger partial charge in [-0.3, -0.25) is 0 Å². The van der Waals surface area contributed by atoms with Crippen LogP contribution < -0.4 is 11.0 Å². The highest BCUT2D eigenvalue weighted by atomic mass is 35.5. The summed E-state index contributed by atoms with van der Waals surface area (Å²) in [7, 11) is 0. The molecule has 0 amide bonds. The van der Waals surface area contributed by atoms with Crippen LogP contribution in [0.15, 0.2) is 30.3 Å². The molecule has 0 radical (unpaired) electrons. The van der Waals surface area contributed by atoms with Crippen LogP contribution in [0.5, 0.6) is 0 Å². The van der Waals surface area contributed by atoms with E-state index in [0.717, 1.165) is 5.69 Å². The van der Waals surface area contributed by atoms with Crippen LogP contribution in [0.4, 0.5) is 5.69 Å². The van der Waals surface area contributed by atoms with Gasteiger partial charge in [0.1, 0.15) is 0 Å². The highest BCUT2D eigenvalue weighted by molar-refractivity contribution is 5.85. The Balaban J connectivity index is 0.000001000. The number of hydrazine groups is 1. The summed E-state index contributed by atoms with van der Waals surface area (Å²) < 4.78 is 0. The van der Waals surface area contributed by atoms with Crippen LogP contribution in [0.25, 0.3) is 5.08 Å². The molecule has 1 rings (SSSR count). The average Bonchev–Trinajstić information content (AvgIpc) is 2.03. The second kappa shape index (κ2) is 5.33. The van der Waals surface area contributed by atoms with Crippen molar-refractivity contribution in [1.29, 1.82) is 5.39 Å². The van der Waals surface area contributed by atoms with Gasteiger partial charge in [-0.15, -0.1) is 12.4 Å². The van der Waals surface area contributed by atoms with Gasteiger partial charge >= 0.3 is 5.08 Å². The van der Waals surface area contributed by atoms with Crippen LogP contribution in [-0.2, 0) is 0 Å². The van der Waals surface area contributed by atoms with Gasteiger partial charge in [0.2, 0.25) is 0 Å². The molecule has 0 saturated carbocycles. The van der Waals surface area contributed by atoms with Gasteiger partial charge in [-0.05, 0) is 12.1 Å². The fourth-order valence-corrected chi connectivity index (χ4v) is 0.611. The molecule has 2 N–H and O–H groups in total. The molecule has 0 aliphatic carbocycles. The molecular formula is C6H8ClN4+. The van der Waals surface area contributed by atoms with Crippen molar-refractivity contribution >= 4 is 18.1 Å². The first-order valence-electron chi connectivity index (χ1n) is 2.83. The van der Waals surface area contributed by atoms with Crippen molar-refractivity contribution in [2.75, 3.05) is 5.43 Å². The van der Waals surface area contributed by atoms with Crippen molar-refractivity contribution in [1.82, 2.24) is 5.53 Å². The van der Waals surface area contributed by atoms with Gasteiger partial charge in [-0.1, -0.05) is 18.2 Å². The lowest BCUT2D eigenvalue weighted by atomic mass is 10.3. The monoisotopic (exact) mass is 171 g/mol. The molecule has 5 heteroatoms. The number of nitrogens with one attached hydrogen (secondary N) is 2. The number of benzene rings is 1. The molecule has 58 valence electrons. The van der Waals surface area contributed by atoms with Gasteiger partial charge in [0.05, 0.1) is 11.2 Å². The number of hydrogen-bond acceptors (Lipinski definition) is 3. The molecule has 0 bridgehead atoms. The maximum absolute atomic E-state index is 7.98. The van der Waals surface area contributed by atoms with Gasteiger partial charge < -0.3 is 0 Å². The van der Waals surface area contributed by atoms with E-state index in [1.54, 1.807) is 0 Å². The van der Waals surface area contributed by atoms with E-state index >= 15 is 0 Å². The fraction of sp³-hybridized carbons (Fsp3) is 0. The topological polar surface area (TPSA) is 52.2 Å². The van der Waals surface area contributed by atoms with Crippen LogP contribution in [0, 0.1) is 5.39 Å². The lowest BCUT2D eigenvalue weighted by Gasteiger charge is -1.93. The molecule has 0 fully saturated rings. The van der Waals surface area contributed by atoms with E-state index in [4.69, 9.17) is 5.39 Å². The third-order valence-corrected chi connectivity index (χ3v) is 1.02. The maximum Gasteiger partial charge on any atom is 0.325 e. The number of para-hydroxylation sites is 1. The van der Waals surface area contributed by atoms with Crippen LogP contribution >= 0.6 is 12.4 Å². The molecule has 0 aromatic heterocycles. The van der Waals surface area contributed by atoms with Crippen molar-refractivity contribution in [3.05, 3.63) is 35.4 Å². The Kier molecular flexibility index (Phi) is 4.61. The lowest BCUT2D eigenvalue weighted by molar-refractivity contribution is 1.01. The third-order valence-electron chi connectivity index (χ3n) is 1.02. The Morgan fingerprint density at radius 1 is 1.18 bits per heavy atom. The Labute approximate surface area is 70.6 Å². The highest BCUT2D eigenvalue weighted by Crippen LogP contribution is 2.01. The number of hydrogen-bond donors (Lipinski definition) is 2. The van der Waals surface area contributed by atoms with E-state index in [-0.39, 0.29) is 12.4 Å². The van der Waals surface area contributed by atoms with E-state index in [0.29, 0.717) is 0 Å². The van der Waals surface area contributed by atoms with E-state index in [2.05, 4.69) is 16.0 Å². The number of diazo groups is 1. The summed E-state index contributed by atoms with van der Waals surface area (Å²) in [6.45, 7) is 0. The summed E-state index contributed by atoms with van der Waals surface area (Å²) in [5, 5.41) is 10.6. The van der Waals surface area contributed by atoms with Gasteiger partial charge in [-0.2, -0.15) is 0 Å². The molecular weight excluding hydrogens is 164 g/mol. The predicted molar refractivity (Wildman–Crippen MR) is 45.5 cm³/mol. The quantitative estimate of drug-likeness (QED) is 0.527. The van der Waals surface area contributed by atoms with Crippen LogP contribution in [0.3, 0.4) is 0 Å². The van der Waals surface area contributed by atoms with E-state index in [1.165, 1.54) is 0 Å². The molecule has 1 aromatic rings. The molecule has 11 heavy (non-hydrogen) atoms. The van der Waals surface area contributed by atoms with Gasteiger partial charge in [0, 0.05) is 0 Å². The van der Waals surface area contributed by atoms with Gasteiger partial charge in [0.25, 0.3) is 5.39 Å². The minimum atomic E-state index is 0. The summed E-state index contributed by atoms with van der Waals surface area (Å²) in [4.78, 5) is 0. The SMILES string of the molecule is Cl.N#[N+]NNc1ccccc1. The second-order valence-electron chi connectivity index (χ2n) is 1.70. The molecule has 0 spiro atoms. The Morgan fingerprint density at radius 2 is 1.82 bits per heavy atom. The standard InChI is InChI=1S/C6H6N4.ClH/c7-9-10-8-6-4-2-1-3-5-6;/h1-5,7H;1H/p+1. The summed E-state index contributed by atoms with van der Waals surface area (Å²) in [5.41, 5.74) is 5.67. The van der Waals surface area contributed by atoms with Crippen LogP contribution in [-0.4, -0.2) is 0 Å². The van der Waals surface area contributed by atoms with Crippen molar-refractivity contribution in [2.24, 2.45) is 0 Å². The third kappa shape index (κ3) is 3.28. The van der Waals surface area contributed by atoms with Gasteiger partial charge in [0.15, 0.2) is 0 Å². The lowest BCUT2D eigenvalue weighted by Crippen LogP contribution is -2.11. The number of nitrogens with zero attached hydrogens (tertiary/aromatic N) is 2. The first-order valence-corrected chi connectivity index (χ1v) is 2.83. The largest absolute Gasteiger partial charge is 0.325 e. The fourth-order valence-electron chi connectivity index (χ4n) is 0.611. The van der Waals surface area contributed by atoms with Gasteiger partial charge in [-0.25, -0.2) is 5.43 Å². The van der Waals surface area contributed by atoms with Crippen LogP contribution in [0.1, 0.15) is 0 Å². The van der Waals surface area contributed by atoms with Crippen molar-refractivity contribution < 1.29 is 0 Å². The van der Waals surface area contributed by atoms with E-state index in [9.17, 15) is 0 Å². The van der Waals surface area contributed by atoms with Crippen LogP contribution in [0.2, 0.25) is 0 Å². The smallest absolute Gasteiger partial charge is 0.236 e. The summed E-state index contributed by atoms with van der Waals surface area (Å²) in [6.07, 6.45) is 0. The number of rotatable bonds is 2. The van der Waals surface area contributed by atoms with Crippen molar-refractivity contribution in [3.63, 3.8) is 0 Å². The molecule has 0 unspecified atom stereocenters. The molecule has 0 heterocycles. The van der Waals surface area contributed by atoms with Crippen molar-refractivity contribution in [3.8, 4) is 0 Å². The van der Waals surface area contributed by atoms with Crippen molar-refractivity contribution in [2.45, 2.75) is 0 Å². The number of halogens is 1. The number of anilines is 1. The minimum Gasteiger partial charge on any atom is -0.236 e. The highest BCUT2D eigenvalue weighted by Gasteiger charge is 1.88. The average molecular weight is 172 g/mol. The Bertz CT molecular complexity index is 230. The molecule has 1 aromatic carbocycles. The summed E-state index contributed by atoms with van der Waals surface area (Å²) >= 11 is 0. The zero-order valence-corrected chi connectivity index (χ0v) is 6.51.